The molecule has 0 bridgehead atoms. The van der Waals surface area contributed by atoms with E-state index in [0.717, 1.165) is 11.1 Å². The van der Waals surface area contributed by atoms with Gasteiger partial charge < -0.3 is 0 Å². The Morgan fingerprint density at radius 3 is 2.48 bits per heavy atom. The van der Waals surface area contributed by atoms with E-state index in [1.54, 1.807) is 13.0 Å². The molecule has 3 aromatic carbocycles. The van der Waals surface area contributed by atoms with Crippen LogP contribution >= 0.6 is 27.5 Å². The monoisotopic (exact) mass is 362 g/mol. The van der Waals surface area contributed by atoms with E-state index < -0.39 is 0 Å². The van der Waals surface area contributed by atoms with Crippen LogP contribution in [-0.4, -0.2) is 0 Å². The number of hydrogen-bond acceptors (Lipinski definition) is 0. The molecule has 21 heavy (non-hydrogen) atoms. The molecule has 1 unspecified atom stereocenters. The van der Waals surface area contributed by atoms with Crippen LogP contribution in [0.4, 0.5) is 4.39 Å². The first-order valence-corrected chi connectivity index (χ1v) is 7.94. The van der Waals surface area contributed by atoms with Crippen molar-refractivity contribution >= 4 is 38.3 Å². The molecule has 0 heterocycles. The number of rotatable bonds is 2. The Labute approximate surface area is 136 Å². The van der Waals surface area contributed by atoms with Gasteiger partial charge in [0.25, 0.3) is 0 Å². The van der Waals surface area contributed by atoms with Gasteiger partial charge in [0.15, 0.2) is 0 Å². The molecule has 0 amide bonds. The number of aryl methyl sites for hydroxylation is 1. The van der Waals surface area contributed by atoms with Gasteiger partial charge in [-0.2, -0.15) is 0 Å². The van der Waals surface area contributed by atoms with Crippen molar-refractivity contribution in [2.45, 2.75) is 11.8 Å². The third-order valence-electron chi connectivity index (χ3n) is 3.62. The lowest BCUT2D eigenvalue weighted by Crippen LogP contribution is -1.96. The summed E-state index contributed by atoms with van der Waals surface area (Å²) < 4.78 is 13.5. The summed E-state index contributed by atoms with van der Waals surface area (Å²) in [5, 5.41) is 2.81. The maximum Gasteiger partial charge on any atom is 0.127 e. The lowest BCUT2D eigenvalue weighted by molar-refractivity contribution is 0.618. The Hall–Kier alpha value is -1.38. The summed E-state index contributed by atoms with van der Waals surface area (Å²) in [5.41, 5.74) is 2.58. The predicted octanol–water partition coefficient (Wildman–Crippen LogP) is 6.43. The Balaban J connectivity index is 2.07. The van der Waals surface area contributed by atoms with E-state index in [4.69, 9.17) is 11.6 Å². The van der Waals surface area contributed by atoms with Crippen molar-refractivity contribution in [3.8, 4) is 0 Å². The van der Waals surface area contributed by atoms with Crippen molar-refractivity contribution in [2.24, 2.45) is 0 Å². The van der Waals surface area contributed by atoms with Crippen LogP contribution in [0.5, 0.6) is 0 Å². The minimum atomic E-state index is -0.276. The van der Waals surface area contributed by atoms with Crippen LogP contribution in [0, 0.1) is 12.7 Å². The molecule has 0 nitrogen and oxygen atoms in total. The van der Waals surface area contributed by atoms with E-state index >= 15 is 0 Å². The largest absolute Gasteiger partial charge is 0.207 e. The Morgan fingerprint density at radius 2 is 1.71 bits per heavy atom. The zero-order valence-corrected chi connectivity index (χ0v) is 13.7. The summed E-state index contributed by atoms with van der Waals surface area (Å²) in [5.74, 6) is -0.276. The minimum absolute atomic E-state index is 0.0612. The van der Waals surface area contributed by atoms with E-state index in [1.165, 1.54) is 16.8 Å². The standard InChI is InChI=1S/C18H13BrClF/c1-11-8-15(16(20)10-17(11)21)18(19)14-7-6-12-4-2-3-5-13(12)9-14/h2-10,18H,1H3. The normalized spacial score (nSPS) is 12.6. The first-order chi connectivity index (χ1) is 10.1. The van der Waals surface area contributed by atoms with E-state index in [2.05, 4.69) is 46.3 Å². The lowest BCUT2D eigenvalue weighted by Gasteiger charge is -2.14. The van der Waals surface area contributed by atoms with Gasteiger partial charge in [0.1, 0.15) is 5.82 Å². The third-order valence-corrected chi connectivity index (χ3v) is 4.97. The number of halogens is 3. The highest BCUT2D eigenvalue weighted by Crippen LogP contribution is 2.37. The van der Waals surface area contributed by atoms with Gasteiger partial charge in [-0.3, -0.25) is 0 Å². The van der Waals surface area contributed by atoms with E-state index in [-0.39, 0.29) is 10.6 Å². The van der Waals surface area contributed by atoms with Crippen molar-refractivity contribution in [2.75, 3.05) is 0 Å². The van der Waals surface area contributed by atoms with Crippen LogP contribution in [0.25, 0.3) is 10.8 Å². The quantitative estimate of drug-likeness (QED) is 0.460. The van der Waals surface area contributed by atoms with E-state index in [0.29, 0.717) is 10.6 Å². The van der Waals surface area contributed by atoms with Gasteiger partial charge in [-0.15, -0.1) is 0 Å². The third kappa shape index (κ3) is 2.83. The van der Waals surface area contributed by atoms with Crippen molar-refractivity contribution in [1.29, 1.82) is 0 Å². The van der Waals surface area contributed by atoms with Crippen LogP contribution in [0.15, 0.2) is 54.6 Å². The molecule has 0 aromatic heterocycles. The molecule has 0 saturated heterocycles. The molecule has 0 spiro atoms. The maximum atomic E-state index is 13.5. The smallest absolute Gasteiger partial charge is 0.127 e. The molecule has 3 aromatic rings. The highest BCUT2D eigenvalue weighted by atomic mass is 79.9. The van der Waals surface area contributed by atoms with Gasteiger partial charge in [-0.1, -0.05) is 70.0 Å². The van der Waals surface area contributed by atoms with Gasteiger partial charge in [-0.05, 0) is 46.5 Å². The molecule has 3 rings (SSSR count). The van der Waals surface area contributed by atoms with Gasteiger partial charge in [0.05, 0.1) is 4.83 Å². The average Bonchev–Trinajstić information content (AvgIpc) is 2.50. The second-order valence-corrected chi connectivity index (χ2v) is 6.41. The topological polar surface area (TPSA) is 0 Å². The van der Waals surface area contributed by atoms with Gasteiger partial charge in [0.2, 0.25) is 0 Å². The van der Waals surface area contributed by atoms with Crippen LogP contribution in [0.3, 0.4) is 0 Å². The highest BCUT2D eigenvalue weighted by molar-refractivity contribution is 9.09. The maximum absolute atomic E-state index is 13.5. The van der Waals surface area contributed by atoms with E-state index in [1.807, 2.05) is 12.1 Å². The Kier molecular flexibility index (Phi) is 4.01. The first kappa shape index (κ1) is 14.6. The van der Waals surface area contributed by atoms with E-state index in [9.17, 15) is 4.39 Å². The lowest BCUT2D eigenvalue weighted by atomic mass is 10.00. The van der Waals surface area contributed by atoms with Gasteiger partial charge in [0, 0.05) is 5.02 Å². The fourth-order valence-electron chi connectivity index (χ4n) is 2.42. The molecule has 0 aliphatic rings. The van der Waals surface area contributed by atoms with Crippen molar-refractivity contribution in [3.63, 3.8) is 0 Å². The fraction of sp³-hybridized carbons (Fsp3) is 0.111. The first-order valence-electron chi connectivity index (χ1n) is 6.64. The average molecular weight is 364 g/mol. The Bertz CT molecular complexity index is 813. The summed E-state index contributed by atoms with van der Waals surface area (Å²) in [6, 6.07) is 17.7. The van der Waals surface area contributed by atoms with Gasteiger partial charge >= 0.3 is 0 Å². The SMILES string of the molecule is Cc1cc(C(Br)c2ccc3ccccc3c2)c(Cl)cc1F. The molecule has 0 N–H and O–H groups in total. The van der Waals surface area contributed by atoms with Crippen LogP contribution in [-0.2, 0) is 0 Å². The van der Waals surface area contributed by atoms with Crippen LogP contribution in [0.2, 0.25) is 5.02 Å². The molecular formula is C18H13BrClF. The molecular weight excluding hydrogens is 351 g/mol. The molecule has 0 fully saturated rings. The molecule has 0 aliphatic heterocycles. The second-order valence-electron chi connectivity index (χ2n) is 5.09. The number of fused-ring (bicyclic) bond motifs is 1. The van der Waals surface area contributed by atoms with Crippen LogP contribution in [0.1, 0.15) is 21.5 Å². The van der Waals surface area contributed by atoms with Gasteiger partial charge in [-0.25, -0.2) is 4.39 Å². The van der Waals surface area contributed by atoms with Crippen molar-refractivity contribution in [3.05, 3.63) is 82.1 Å². The second kappa shape index (κ2) is 5.78. The minimum Gasteiger partial charge on any atom is -0.207 e. The summed E-state index contributed by atoms with van der Waals surface area (Å²) in [4.78, 5) is -0.0612. The zero-order valence-electron chi connectivity index (χ0n) is 11.4. The molecule has 0 aliphatic carbocycles. The predicted molar refractivity (Wildman–Crippen MR) is 90.9 cm³/mol. The zero-order chi connectivity index (χ0) is 15.0. The summed E-state index contributed by atoms with van der Waals surface area (Å²) in [7, 11) is 0. The molecule has 1 atom stereocenters. The summed E-state index contributed by atoms with van der Waals surface area (Å²) in [6.07, 6.45) is 0. The molecule has 0 radical (unpaired) electrons. The fourth-order valence-corrected chi connectivity index (χ4v) is 3.47. The molecule has 3 heteroatoms. The Morgan fingerprint density at radius 1 is 1.00 bits per heavy atom. The summed E-state index contributed by atoms with van der Waals surface area (Å²) >= 11 is 9.88. The van der Waals surface area contributed by atoms with Crippen molar-refractivity contribution < 1.29 is 4.39 Å². The van der Waals surface area contributed by atoms with Crippen molar-refractivity contribution in [1.82, 2.24) is 0 Å². The molecule has 0 saturated carbocycles. The molecule has 106 valence electrons. The highest BCUT2D eigenvalue weighted by Gasteiger charge is 2.16. The van der Waals surface area contributed by atoms with Crippen LogP contribution < -0.4 is 0 Å². The number of benzene rings is 3. The summed E-state index contributed by atoms with van der Waals surface area (Å²) in [6.45, 7) is 1.75. The number of hydrogen-bond donors (Lipinski definition) is 0. The number of alkyl halides is 1.